The number of nitrogen functional groups attached to an aromatic ring is 1. The van der Waals surface area contributed by atoms with Crippen molar-refractivity contribution in [1.82, 2.24) is 4.98 Å². The van der Waals surface area contributed by atoms with Crippen LogP contribution < -0.4 is 10.5 Å². The van der Waals surface area contributed by atoms with Gasteiger partial charge < -0.3 is 10.5 Å². The summed E-state index contributed by atoms with van der Waals surface area (Å²) >= 11 is 11.9. The first-order valence-corrected chi connectivity index (χ1v) is 7.17. The van der Waals surface area contributed by atoms with Crippen molar-refractivity contribution in [2.24, 2.45) is 0 Å². The number of aromatic nitrogens is 1. The van der Waals surface area contributed by atoms with Crippen LogP contribution in [-0.2, 0) is 0 Å². The van der Waals surface area contributed by atoms with Gasteiger partial charge in [0.15, 0.2) is 17.3 Å². The second kappa shape index (κ2) is 6.50. The molecular weight excluding hydrogens is 330 g/mol. The normalized spacial score (nSPS) is 10.6. The second-order valence-electron chi connectivity index (χ2n) is 4.48. The summed E-state index contributed by atoms with van der Waals surface area (Å²) in [4.78, 5) is 16.0. The number of nitrogens with zero attached hydrogens (tertiary/aromatic N) is 1. The second-order valence-corrected chi connectivity index (χ2v) is 5.26. The number of pyridine rings is 1. The lowest BCUT2D eigenvalue weighted by molar-refractivity contribution is 0.0983. The molecular formula is C15H13Cl2FN2O2. The van der Waals surface area contributed by atoms with Crippen molar-refractivity contribution in [3.63, 3.8) is 0 Å². The molecule has 0 unspecified atom stereocenters. The zero-order chi connectivity index (χ0) is 16.4. The first kappa shape index (κ1) is 16.5. The molecule has 0 aliphatic rings. The average molecular weight is 343 g/mol. The molecule has 1 aromatic heterocycles. The van der Waals surface area contributed by atoms with Crippen molar-refractivity contribution in [1.29, 1.82) is 0 Å². The summed E-state index contributed by atoms with van der Waals surface area (Å²) < 4.78 is 19.4. The van der Waals surface area contributed by atoms with E-state index in [9.17, 15) is 9.18 Å². The van der Waals surface area contributed by atoms with Gasteiger partial charge in [-0.1, -0.05) is 30.1 Å². The average Bonchev–Trinajstić information content (AvgIpc) is 2.50. The van der Waals surface area contributed by atoms with Crippen LogP contribution in [0.1, 0.15) is 23.8 Å². The molecule has 0 saturated heterocycles. The number of hydrogen-bond acceptors (Lipinski definition) is 4. The van der Waals surface area contributed by atoms with E-state index in [1.165, 1.54) is 25.3 Å². The van der Waals surface area contributed by atoms with Gasteiger partial charge in [0.25, 0.3) is 0 Å². The number of Topliss-reactive ketones (excluding diaryl/α,β-unsaturated/α-hetero) is 1. The monoisotopic (exact) mass is 342 g/mol. The van der Waals surface area contributed by atoms with E-state index in [1.54, 1.807) is 6.92 Å². The first-order valence-electron chi connectivity index (χ1n) is 6.42. The highest BCUT2D eigenvalue weighted by molar-refractivity contribution is 6.36. The van der Waals surface area contributed by atoms with Crippen LogP contribution in [0.3, 0.4) is 0 Å². The minimum atomic E-state index is -0.681. The van der Waals surface area contributed by atoms with E-state index in [-0.39, 0.29) is 50.6 Å². The van der Waals surface area contributed by atoms with Gasteiger partial charge in [0.1, 0.15) is 5.69 Å². The quantitative estimate of drug-likeness (QED) is 0.837. The molecule has 7 heteroatoms. The molecule has 1 aromatic carbocycles. The molecule has 0 fully saturated rings. The Morgan fingerprint density at radius 2 is 2.09 bits per heavy atom. The van der Waals surface area contributed by atoms with Crippen molar-refractivity contribution in [2.75, 3.05) is 12.8 Å². The lowest BCUT2D eigenvalue weighted by Crippen LogP contribution is -2.06. The highest BCUT2D eigenvalue weighted by Gasteiger charge is 2.20. The number of nitrogens with two attached hydrogens (primary N) is 1. The number of benzene rings is 1. The summed E-state index contributed by atoms with van der Waals surface area (Å²) in [5, 5.41) is 0.201. The number of ether oxygens (including phenoxy) is 1. The Morgan fingerprint density at radius 1 is 1.41 bits per heavy atom. The summed E-state index contributed by atoms with van der Waals surface area (Å²) in [6.45, 7) is 1.68. The minimum absolute atomic E-state index is 0.0208. The zero-order valence-corrected chi connectivity index (χ0v) is 13.4. The van der Waals surface area contributed by atoms with Crippen LogP contribution in [0.4, 0.5) is 10.1 Å². The van der Waals surface area contributed by atoms with Gasteiger partial charge in [-0.2, -0.15) is 0 Å². The van der Waals surface area contributed by atoms with E-state index in [0.717, 1.165) is 0 Å². The van der Waals surface area contributed by atoms with Crippen molar-refractivity contribution >= 4 is 34.7 Å². The fourth-order valence-corrected chi connectivity index (χ4v) is 2.38. The third-order valence-electron chi connectivity index (χ3n) is 3.10. The molecule has 4 nitrogen and oxygen atoms in total. The Bertz CT molecular complexity index is 751. The molecule has 0 aliphatic carbocycles. The molecule has 0 amide bonds. The molecule has 0 aliphatic heterocycles. The van der Waals surface area contributed by atoms with Crippen LogP contribution in [-0.4, -0.2) is 17.9 Å². The Hall–Kier alpha value is -1.85. The van der Waals surface area contributed by atoms with Crippen molar-refractivity contribution in [2.45, 2.75) is 13.3 Å². The topological polar surface area (TPSA) is 65.2 Å². The van der Waals surface area contributed by atoms with Gasteiger partial charge in [-0.25, -0.2) is 9.37 Å². The van der Waals surface area contributed by atoms with Crippen molar-refractivity contribution < 1.29 is 13.9 Å². The number of halogens is 3. The summed E-state index contributed by atoms with van der Waals surface area (Å²) in [5.41, 5.74) is 6.27. The van der Waals surface area contributed by atoms with E-state index < -0.39 is 5.82 Å². The fourth-order valence-electron chi connectivity index (χ4n) is 1.96. The molecule has 116 valence electrons. The van der Waals surface area contributed by atoms with Crippen molar-refractivity contribution in [3.05, 3.63) is 39.8 Å². The van der Waals surface area contributed by atoms with Crippen LogP contribution in [0.2, 0.25) is 10.0 Å². The van der Waals surface area contributed by atoms with Gasteiger partial charge >= 0.3 is 0 Å². The fraction of sp³-hybridized carbons (Fsp3) is 0.200. The predicted octanol–water partition coefficient (Wildman–Crippen LogP) is 4.38. The number of carbonyl (C=O) groups is 1. The standard InChI is InChI=1S/C15H13Cl2FN2O2/c1-3-11(21)14-12(17)9(19)6-10(20-14)7-4-5-8(16)15(22-2)13(7)18/h4-6H,3H2,1-2H3,(H2,19,20). The molecule has 1 heterocycles. The minimum Gasteiger partial charge on any atom is -0.492 e. The zero-order valence-electron chi connectivity index (χ0n) is 11.9. The van der Waals surface area contributed by atoms with Crippen molar-refractivity contribution in [3.8, 4) is 17.0 Å². The third kappa shape index (κ3) is 2.87. The van der Waals surface area contributed by atoms with Crippen LogP contribution in [0.25, 0.3) is 11.3 Å². The van der Waals surface area contributed by atoms with E-state index >= 15 is 0 Å². The maximum absolute atomic E-state index is 14.5. The lowest BCUT2D eigenvalue weighted by atomic mass is 10.1. The molecule has 2 aromatic rings. The van der Waals surface area contributed by atoms with E-state index in [2.05, 4.69) is 4.98 Å². The summed E-state index contributed by atoms with van der Waals surface area (Å²) in [5.74, 6) is -1.06. The predicted molar refractivity (Wildman–Crippen MR) is 85.2 cm³/mol. The van der Waals surface area contributed by atoms with E-state index in [4.69, 9.17) is 33.7 Å². The lowest BCUT2D eigenvalue weighted by Gasteiger charge is -2.11. The van der Waals surface area contributed by atoms with Crippen LogP contribution >= 0.6 is 23.2 Å². The van der Waals surface area contributed by atoms with Crippen LogP contribution in [0.15, 0.2) is 18.2 Å². The number of ketones is 1. The maximum atomic E-state index is 14.5. The molecule has 0 spiro atoms. The summed E-state index contributed by atoms with van der Waals surface area (Å²) in [7, 11) is 1.31. The van der Waals surface area contributed by atoms with Gasteiger partial charge in [-0.3, -0.25) is 4.79 Å². The van der Waals surface area contributed by atoms with Gasteiger partial charge in [0.05, 0.1) is 28.5 Å². The van der Waals surface area contributed by atoms with Gasteiger partial charge in [0.2, 0.25) is 0 Å². The maximum Gasteiger partial charge on any atom is 0.182 e. The molecule has 0 radical (unpaired) electrons. The Balaban J connectivity index is 2.69. The summed E-state index contributed by atoms with van der Waals surface area (Å²) in [6, 6.07) is 4.32. The molecule has 0 bridgehead atoms. The van der Waals surface area contributed by atoms with Gasteiger partial charge in [-0.15, -0.1) is 0 Å². The Kier molecular flexibility index (Phi) is 4.88. The number of methoxy groups -OCH3 is 1. The number of anilines is 1. The Labute approximate surface area is 137 Å². The molecule has 0 saturated carbocycles. The highest BCUT2D eigenvalue weighted by atomic mass is 35.5. The van der Waals surface area contributed by atoms with E-state index in [1.807, 2.05) is 0 Å². The molecule has 2 N–H and O–H groups in total. The van der Waals surface area contributed by atoms with Crippen LogP contribution in [0, 0.1) is 5.82 Å². The smallest absolute Gasteiger partial charge is 0.182 e. The molecule has 22 heavy (non-hydrogen) atoms. The van der Waals surface area contributed by atoms with E-state index in [0.29, 0.717) is 0 Å². The van der Waals surface area contributed by atoms with Gasteiger partial charge in [0, 0.05) is 12.0 Å². The number of carbonyl (C=O) groups excluding carboxylic acids is 1. The third-order valence-corrected chi connectivity index (χ3v) is 3.80. The number of hydrogen-bond donors (Lipinski definition) is 1. The van der Waals surface area contributed by atoms with Crippen LogP contribution in [0.5, 0.6) is 5.75 Å². The van der Waals surface area contributed by atoms with Gasteiger partial charge in [-0.05, 0) is 18.2 Å². The highest BCUT2D eigenvalue weighted by Crippen LogP contribution is 2.36. The molecule has 0 atom stereocenters. The largest absolute Gasteiger partial charge is 0.492 e. The SMILES string of the molecule is CCC(=O)c1nc(-c2ccc(Cl)c(OC)c2F)cc(N)c1Cl. The number of rotatable bonds is 4. The summed E-state index contributed by atoms with van der Waals surface area (Å²) in [6.07, 6.45) is 0.210. The molecule has 2 rings (SSSR count). The first-order chi connectivity index (χ1) is 10.4. The Morgan fingerprint density at radius 3 is 2.68 bits per heavy atom.